The highest BCUT2D eigenvalue weighted by molar-refractivity contribution is 7.99. The molecule has 1 aliphatic rings. The van der Waals surface area contributed by atoms with Crippen LogP contribution in [0.15, 0.2) is 23.1 Å². The number of pyridine rings is 1. The van der Waals surface area contributed by atoms with Crippen LogP contribution in [0.5, 0.6) is 0 Å². The number of carbonyl (C=O) groups is 1. The SMILES string of the molecule is O=C(O)c1ccc(=O)n(CC2CCCCS2)c1. The topological polar surface area (TPSA) is 59.3 Å². The van der Waals surface area contributed by atoms with Crippen molar-refractivity contribution in [3.05, 3.63) is 34.2 Å². The molecule has 1 aromatic rings. The zero-order valence-electron chi connectivity index (χ0n) is 9.46. The van der Waals surface area contributed by atoms with Crippen LogP contribution < -0.4 is 5.56 Å². The molecule has 5 heteroatoms. The molecule has 0 amide bonds. The molecule has 0 radical (unpaired) electrons. The lowest BCUT2D eigenvalue weighted by Gasteiger charge is -2.22. The van der Waals surface area contributed by atoms with E-state index in [2.05, 4.69) is 0 Å². The van der Waals surface area contributed by atoms with Gasteiger partial charge in [0.05, 0.1) is 5.56 Å². The van der Waals surface area contributed by atoms with Crippen molar-refractivity contribution < 1.29 is 9.90 Å². The van der Waals surface area contributed by atoms with Crippen LogP contribution in [0, 0.1) is 0 Å². The highest BCUT2D eigenvalue weighted by Crippen LogP contribution is 2.25. The summed E-state index contributed by atoms with van der Waals surface area (Å²) < 4.78 is 1.52. The van der Waals surface area contributed by atoms with Gasteiger partial charge in [-0.2, -0.15) is 11.8 Å². The van der Waals surface area contributed by atoms with Gasteiger partial charge in [-0.25, -0.2) is 4.79 Å². The fraction of sp³-hybridized carbons (Fsp3) is 0.500. The Morgan fingerprint density at radius 1 is 1.47 bits per heavy atom. The minimum Gasteiger partial charge on any atom is -0.478 e. The largest absolute Gasteiger partial charge is 0.478 e. The zero-order valence-corrected chi connectivity index (χ0v) is 10.3. The van der Waals surface area contributed by atoms with Crippen molar-refractivity contribution in [2.45, 2.75) is 31.1 Å². The van der Waals surface area contributed by atoms with Gasteiger partial charge in [0.25, 0.3) is 5.56 Å². The van der Waals surface area contributed by atoms with E-state index in [0.717, 1.165) is 12.2 Å². The first-order chi connectivity index (χ1) is 8.16. The van der Waals surface area contributed by atoms with Crippen LogP contribution in [0.2, 0.25) is 0 Å². The molecular formula is C12H15NO3S. The van der Waals surface area contributed by atoms with Gasteiger partial charge in [0, 0.05) is 24.1 Å². The number of rotatable bonds is 3. The van der Waals surface area contributed by atoms with Gasteiger partial charge in [-0.05, 0) is 24.7 Å². The van der Waals surface area contributed by atoms with Gasteiger partial charge in [0.2, 0.25) is 0 Å². The van der Waals surface area contributed by atoms with E-state index < -0.39 is 5.97 Å². The molecule has 1 aromatic heterocycles. The molecule has 1 fully saturated rings. The average molecular weight is 253 g/mol. The highest BCUT2D eigenvalue weighted by atomic mass is 32.2. The molecule has 0 spiro atoms. The second-order valence-electron chi connectivity index (χ2n) is 4.20. The van der Waals surface area contributed by atoms with Crippen molar-refractivity contribution in [3.63, 3.8) is 0 Å². The van der Waals surface area contributed by atoms with Gasteiger partial charge in [-0.3, -0.25) is 4.79 Å². The van der Waals surface area contributed by atoms with Crippen molar-refractivity contribution in [1.29, 1.82) is 0 Å². The number of aromatic nitrogens is 1. The lowest BCUT2D eigenvalue weighted by atomic mass is 10.2. The summed E-state index contributed by atoms with van der Waals surface area (Å²) >= 11 is 1.87. The van der Waals surface area contributed by atoms with Gasteiger partial charge in [0.15, 0.2) is 0 Å². The third kappa shape index (κ3) is 3.12. The van der Waals surface area contributed by atoms with Gasteiger partial charge in [0.1, 0.15) is 0 Å². The Morgan fingerprint density at radius 3 is 2.94 bits per heavy atom. The molecule has 2 heterocycles. The van der Waals surface area contributed by atoms with Crippen molar-refractivity contribution >= 4 is 17.7 Å². The van der Waals surface area contributed by atoms with Crippen LogP contribution in [0.4, 0.5) is 0 Å². The van der Waals surface area contributed by atoms with Crippen molar-refractivity contribution in [1.82, 2.24) is 4.57 Å². The second-order valence-corrected chi connectivity index (χ2v) is 5.61. The summed E-state index contributed by atoms with van der Waals surface area (Å²) in [4.78, 5) is 22.5. The average Bonchev–Trinajstić information content (AvgIpc) is 2.33. The molecule has 17 heavy (non-hydrogen) atoms. The molecule has 4 nitrogen and oxygen atoms in total. The summed E-state index contributed by atoms with van der Waals surface area (Å²) in [7, 11) is 0. The zero-order chi connectivity index (χ0) is 12.3. The Hall–Kier alpha value is -1.23. The van der Waals surface area contributed by atoms with Gasteiger partial charge >= 0.3 is 5.97 Å². The van der Waals surface area contributed by atoms with E-state index in [9.17, 15) is 9.59 Å². The molecule has 1 N–H and O–H groups in total. The summed E-state index contributed by atoms with van der Waals surface area (Å²) in [6, 6.07) is 2.69. The second kappa shape index (κ2) is 5.40. The monoisotopic (exact) mass is 253 g/mol. The van der Waals surface area contributed by atoms with Crippen LogP contribution in [-0.4, -0.2) is 26.6 Å². The molecule has 0 bridgehead atoms. The Morgan fingerprint density at radius 2 is 2.29 bits per heavy atom. The third-order valence-electron chi connectivity index (χ3n) is 2.90. The van der Waals surface area contributed by atoms with Crippen LogP contribution >= 0.6 is 11.8 Å². The Bertz CT molecular complexity index is 463. The first-order valence-electron chi connectivity index (χ1n) is 5.72. The molecule has 1 atom stereocenters. The van der Waals surface area contributed by atoms with E-state index in [1.807, 2.05) is 11.8 Å². The smallest absolute Gasteiger partial charge is 0.337 e. The standard InChI is InChI=1S/C12H15NO3S/c14-11-5-4-9(12(15)16)7-13(11)8-10-3-1-2-6-17-10/h4-5,7,10H,1-3,6,8H2,(H,15,16). The number of nitrogens with zero attached hydrogens (tertiary/aromatic N) is 1. The number of carboxylic acid groups (broad SMARTS) is 1. The van der Waals surface area contributed by atoms with Crippen molar-refractivity contribution in [3.8, 4) is 0 Å². The molecule has 1 aliphatic heterocycles. The number of hydrogen-bond donors (Lipinski definition) is 1. The third-order valence-corrected chi connectivity index (χ3v) is 4.29. The summed E-state index contributed by atoms with van der Waals surface area (Å²) in [5.41, 5.74) is 0.0478. The van der Waals surface area contributed by atoms with Crippen LogP contribution in [-0.2, 0) is 6.54 Å². The van der Waals surface area contributed by atoms with E-state index in [0.29, 0.717) is 11.8 Å². The van der Waals surface area contributed by atoms with Crippen LogP contribution in [0.3, 0.4) is 0 Å². The van der Waals surface area contributed by atoms with E-state index in [1.54, 1.807) is 0 Å². The van der Waals surface area contributed by atoms with Gasteiger partial charge < -0.3 is 9.67 Å². The molecule has 2 rings (SSSR count). The molecule has 1 saturated heterocycles. The summed E-state index contributed by atoms with van der Waals surface area (Å²) in [6.07, 6.45) is 4.99. The quantitative estimate of drug-likeness (QED) is 0.892. The van der Waals surface area contributed by atoms with E-state index in [-0.39, 0.29) is 11.1 Å². The Kier molecular flexibility index (Phi) is 3.89. The molecule has 92 valence electrons. The Balaban J connectivity index is 2.16. The number of aromatic carboxylic acids is 1. The fourth-order valence-corrected chi connectivity index (χ4v) is 3.27. The number of carboxylic acids is 1. The molecule has 0 aliphatic carbocycles. The normalized spacial score (nSPS) is 20.1. The lowest BCUT2D eigenvalue weighted by molar-refractivity contribution is 0.0696. The molecule has 0 saturated carbocycles. The lowest BCUT2D eigenvalue weighted by Crippen LogP contribution is -2.26. The van der Waals surface area contributed by atoms with E-state index in [4.69, 9.17) is 5.11 Å². The molecule has 0 aromatic carbocycles. The van der Waals surface area contributed by atoms with E-state index >= 15 is 0 Å². The first-order valence-corrected chi connectivity index (χ1v) is 6.77. The van der Waals surface area contributed by atoms with Crippen molar-refractivity contribution in [2.75, 3.05) is 5.75 Å². The summed E-state index contributed by atoms with van der Waals surface area (Å²) in [5.74, 6) is 0.146. The predicted octanol–water partition coefficient (Wildman–Crippen LogP) is 1.83. The number of thioether (sulfide) groups is 1. The van der Waals surface area contributed by atoms with Gasteiger partial charge in [-0.1, -0.05) is 6.42 Å². The van der Waals surface area contributed by atoms with Crippen LogP contribution in [0.25, 0.3) is 0 Å². The Labute approximate surface area is 104 Å². The van der Waals surface area contributed by atoms with Crippen molar-refractivity contribution in [2.24, 2.45) is 0 Å². The highest BCUT2D eigenvalue weighted by Gasteiger charge is 2.15. The minimum absolute atomic E-state index is 0.124. The molecular weight excluding hydrogens is 238 g/mol. The minimum atomic E-state index is -0.991. The molecule has 1 unspecified atom stereocenters. The number of hydrogen-bond acceptors (Lipinski definition) is 3. The maximum atomic E-state index is 11.6. The fourth-order valence-electron chi connectivity index (χ4n) is 1.97. The first kappa shape index (κ1) is 12.2. The van der Waals surface area contributed by atoms with Crippen LogP contribution in [0.1, 0.15) is 29.6 Å². The summed E-state index contributed by atoms with van der Waals surface area (Å²) in [5, 5.41) is 9.32. The predicted molar refractivity (Wildman–Crippen MR) is 67.8 cm³/mol. The van der Waals surface area contributed by atoms with E-state index in [1.165, 1.54) is 35.7 Å². The maximum absolute atomic E-state index is 11.6. The van der Waals surface area contributed by atoms with Gasteiger partial charge in [-0.15, -0.1) is 0 Å². The summed E-state index contributed by atoms with van der Waals surface area (Å²) in [6.45, 7) is 0.616. The maximum Gasteiger partial charge on any atom is 0.337 e.